The average Bonchev–Trinajstić information content (AvgIpc) is 2.33. The van der Waals surface area contributed by atoms with E-state index in [0.717, 1.165) is 6.07 Å². The first-order chi connectivity index (χ1) is 8.58. The highest BCUT2D eigenvalue weighted by Gasteiger charge is 2.12. The van der Waals surface area contributed by atoms with Gasteiger partial charge in [-0.25, -0.2) is 8.78 Å². The number of hydrogen-bond acceptors (Lipinski definition) is 2. The van der Waals surface area contributed by atoms with Crippen molar-refractivity contribution < 1.29 is 13.0 Å². The number of anilines is 1. The number of halogens is 2. The highest BCUT2D eigenvalue weighted by Crippen LogP contribution is 2.18. The summed E-state index contributed by atoms with van der Waals surface area (Å²) in [6, 6.07) is 9.91. The van der Waals surface area contributed by atoms with Gasteiger partial charge in [0.25, 0.3) is 0 Å². The minimum Gasteiger partial charge on any atom is -0.399 e. The van der Waals surface area contributed by atoms with Crippen LogP contribution in [0.5, 0.6) is 0 Å². The van der Waals surface area contributed by atoms with E-state index in [1.807, 2.05) is 0 Å². The third kappa shape index (κ3) is 2.73. The molecule has 0 saturated heterocycles. The fourth-order valence-corrected chi connectivity index (χ4v) is 2.72. The number of benzene rings is 2. The topological polar surface area (TPSA) is 43.1 Å². The van der Waals surface area contributed by atoms with E-state index in [1.54, 1.807) is 6.07 Å². The second kappa shape index (κ2) is 5.27. The summed E-state index contributed by atoms with van der Waals surface area (Å²) in [4.78, 5) is 0.0775. The van der Waals surface area contributed by atoms with Crippen molar-refractivity contribution in [3.8, 4) is 0 Å². The minimum absolute atomic E-state index is 0.0763. The predicted molar refractivity (Wildman–Crippen MR) is 67.3 cm³/mol. The normalized spacial score (nSPS) is 12.3. The highest BCUT2D eigenvalue weighted by molar-refractivity contribution is 7.84. The van der Waals surface area contributed by atoms with Crippen LogP contribution in [0.3, 0.4) is 0 Å². The van der Waals surface area contributed by atoms with E-state index in [1.165, 1.54) is 30.3 Å². The zero-order valence-electron chi connectivity index (χ0n) is 9.40. The van der Waals surface area contributed by atoms with E-state index in [-0.39, 0.29) is 16.2 Å². The quantitative estimate of drug-likeness (QED) is 0.869. The lowest BCUT2D eigenvalue weighted by Crippen LogP contribution is -2.01. The molecule has 2 aromatic carbocycles. The first-order valence-electron chi connectivity index (χ1n) is 5.25. The van der Waals surface area contributed by atoms with Crippen molar-refractivity contribution in [1.29, 1.82) is 0 Å². The summed E-state index contributed by atoms with van der Waals surface area (Å²) >= 11 is 0. The van der Waals surface area contributed by atoms with Crippen LogP contribution < -0.4 is 5.73 Å². The average molecular weight is 267 g/mol. The molecule has 0 aliphatic carbocycles. The van der Waals surface area contributed by atoms with Crippen molar-refractivity contribution in [2.24, 2.45) is 0 Å². The number of nitrogen functional groups attached to an aromatic ring is 1. The number of hydrogen-bond donors (Lipinski definition) is 1. The molecule has 0 fully saturated rings. The fraction of sp³-hybridized carbons (Fsp3) is 0.0769. The van der Waals surface area contributed by atoms with Gasteiger partial charge in [-0.05, 0) is 24.3 Å². The van der Waals surface area contributed by atoms with Gasteiger partial charge in [-0.1, -0.05) is 18.2 Å². The van der Waals surface area contributed by atoms with Gasteiger partial charge >= 0.3 is 0 Å². The Hall–Kier alpha value is -1.75. The molecule has 0 aromatic heterocycles. The largest absolute Gasteiger partial charge is 0.399 e. The number of nitrogens with two attached hydrogens (primary N) is 1. The van der Waals surface area contributed by atoms with Crippen LogP contribution in [0, 0.1) is 11.6 Å². The molecule has 2 rings (SSSR count). The van der Waals surface area contributed by atoms with Gasteiger partial charge in [0.05, 0.1) is 21.4 Å². The van der Waals surface area contributed by atoms with E-state index in [9.17, 15) is 13.0 Å². The molecule has 0 heterocycles. The second-order valence-corrected chi connectivity index (χ2v) is 5.19. The summed E-state index contributed by atoms with van der Waals surface area (Å²) < 4.78 is 38.9. The van der Waals surface area contributed by atoms with E-state index in [4.69, 9.17) is 5.73 Å². The van der Waals surface area contributed by atoms with Crippen molar-refractivity contribution in [2.75, 3.05) is 5.73 Å². The Morgan fingerprint density at radius 1 is 1.06 bits per heavy atom. The predicted octanol–water partition coefficient (Wildman–Crippen LogP) is 2.85. The first kappa shape index (κ1) is 12.7. The van der Waals surface area contributed by atoms with Gasteiger partial charge < -0.3 is 5.73 Å². The lowest BCUT2D eigenvalue weighted by molar-refractivity contribution is 0.593. The van der Waals surface area contributed by atoms with E-state index in [2.05, 4.69) is 0 Å². The van der Waals surface area contributed by atoms with Crippen molar-refractivity contribution >= 4 is 16.5 Å². The summed E-state index contributed by atoms with van der Waals surface area (Å²) in [5, 5.41) is 0. The molecule has 0 bridgehead atoms. The summed E-state index contributed by atoms with van der Waals surface area (Å²) in [7, 11) is -1.62. The van der Waals surface area contributed by atoms with E-state index >= 15 is 0 Å². The zero-order chi connectivity index (χ0) is 13.1. The van der Waals surface area contributed by atoms with Gasteiger partial charge in [-0.2, -0.15) is 0 Å². The summed E-state index contributed by atoms with van der Waals surface area (Å²) in [5.74, 6) is -1.15. The molecule has 2 aromatic rings. The highest BCUT2D eigenvalue weighted by atomic mass is 32.2. The van der Waals surface area contributed by atoms with Crippen molar-refractivity contribution in [1.82, 2.24) is 0 Å². The van der Waals surface area contributed by atoms with Crippen molar-refractivity contribution in [3.05, 3.63) is 59.7 Å². The van der Waals surface area contributed by atoms with Crippen LogP contribution in [-0.4, -0.2) is 4.21 Å². The zero-order valence-corrected chi connectivity index (χ0v) is 10.2. The Morgan fingerprint density at radius 3 is 2.44 bits per heavy atom. The molecule has 1 atom stereocenters. The van der Waals surface area contributed by atoms with Crippen LogP contribution in [0.15, 0.2) is 47.4 Å². The Balaban J connectivity index is 2.24. The van der Waals surface area contributed by atoms with Gasteiger partial charge in [-0.3, -0.25) is 4.21 Å². The maximum Gasteiger partial charge on any atom is 0.139 e. The summed E-state index contributed by atoms with van der Waals surface area (Å²) in [5.41, 5.74) is 5.97. The Bertz CT molecular complexity index is 601. The van der Waals surface area contributed by atoms with Crippen LogP contribution in [0.4, 0.5) is 14.5 Å². The van der Waals surface area contributed by atoms with E-state index < -0.39 is 22.4 Å². The molecule has 5 heteroatoms. The molecule has 0 aliphatic heterocycles. The molecule has 0 radical (unpaired) electrons. The van der Waals surface area contributed by atoms with Crippen LogP contribution >= 0.6 is 0 Å². The lowest BCUT2D eigenvalue weighted by Gasteiger charge is -2.05. The van der Waals surface area contributed by atoms with Crippen molar-refractivity contribution in [3.63, 3.8) is 0 Å². The van der Waals surface area contributed by atoms with Crippen LogP contribution in [0.1, 0.15) is 5.56 Å². The third-order valence-corrected chi connectivity index (χ3v) is 3.84. The molecule has 2 nitrogen and oxygen atoms in total. The molecule has 1 unspecified atom stereocenters. The summed E-state index contributed by atoms with van der Waals surface area (Å²) in [6.07, 6.45) is 0. The minimum atomic E-state index is -1.62. The van der Waals surface area contributed by atoms with E-state index in [0.29, 0.717) is 5.69 Å². The van der Waals surface area contributed by atoms with Gasteiger partial charge in [0.2, 0.25) is 0 Å². The Morgan fingerprint density at radius 2 is 1.78 bits per heavy atom. The summed E-state index contributed by atoms with van der Waals surface area (Å²) in [6.45, 7) is 0. The first-order valence-corrected chi connectivity index (χ1v) is 6.56. The van der Waals surface area contributed by atoms with Gasteiger partial charge in [0.1, 0.15) is 11.6 Å². The van der Waals surface area contributed by atoms with Crippen LogP contribution in [0.25, 0.3) is 0 Å². The molecule has 0 aliphatic rings. The van der Waals surface area contributed by atoms with Gasteiger partial charge in [0, 0.05) is 11.3 Å². The monoisotopic (exact) mass is 267 g/mol. The SMILES string of the molecule is Nc1ccc(CS(=O)c2ccccc2F)c(F)c1. The lowest BCUT2D eigenvalue weighted by atomic mass is 10.2. The maximum absolute atomic E-state index is 13.5. The molecule has 94 valence electrons. The Kier molecular flexibility index (Phi) is 3.72. The molecule has 0 amide bonds. The maximum atomic E-state index is 13.5. The molecule has 0 spiro atoms. The molecule has 2 N–H and O–H groups in total. The van der Waals surface area contributed by atoms with Crippen LogP contribution in [0.2, 0.25) is 0 Å². The third-order valence-electron chi connectivity index (χ3n) is 2.45. The molecular weight excluding hydrogens is 256 g/mol. The van der Waals surface area contributed by atoms with Crippen molar-refractivity contribution in [2.45, 2.75) is 10.6 Å². The fourth-order valence-electron chi connectivity index (χ4n) is 1.53. The van der Waals surface area contributed by atoms with Gasteiger partial charge in [-0.15, -0.1) is 0 Å². The second-order valence-electron chi connectivity index (χ2n) is 3.77. The standard InChI is InChI=1S/C13H11F2NOS/c14-11-3-1-2-4-13(11)18(17)8-9-5-6-10(16)7-12(9)15/h1-7H,8,16H2. The van der Waals surface area contributed by atoms with Gasteiger partial charge in [0.15, 0.2) is 0 Å². The smallest absolute Gasteiger partial charge is 0.139 e. The molecule has 0 saturated carbocycles. The number of rotatable bonds is 3. The van der Waals surface area contributed by atoms with Crippen LogP contribution in [-0.2, 0) is 16.6 Å². The molecule has 18 heavy (non-hydrogen) atoms. The Labute approximate surface area is 106 Å². The molecular formula is C13H11F2NOS.